The van der Waals surface area contributed by atoms with Gasteiger partial charge in [0, 0.05) is 13.7 Å². The van der Waals surface area contributed by atoms with Crippen LogP contribution in [-0.4, -0.2) is 37.2 Å². The zero-order chi connectivity index (χ0) is 12.3. The molecule has 0 spiro atoms. The van der Waals surface area contributed by atoms with Gasteiger partial charge in [0.05, 0.1) is 18.8 Å². The van der Waals surface area contributed by atoms with E-state index in [2.05, 4.69) is 9.88 Å². The molecule has 2 rings (SSSR count). The van der Waals surface area contributed by atoms with Crippen LogP contribution in [0.4, 0.5) is 5.69 Å². The number of methoxy groups -OCH3 is 1. The van der Waals surface area contributed by atoms with Crippen molar-refractivity contribution in [3.8, 4) is 0 Å². The summed E-state index contributed by atoms with van der Waals surface area (Å²) in [5, 5.41) is 0. The number of ether oxygens (including phenoxy) is 1. The van der Waals surface area contributed by atoms with Gasteiger partial charge in [0.1, 0.15) is 5.52 Å². The summed E-state index contributed by atoms with van der Waals surface area (Å²) < 4.78 is 10.6. The van der Waals surface area contributed by atoms with E-state index in [0.29, 0.717) is 24.7 Å². The summed E-state index contributed by atoms with van der Waals surface area (Å²) in [5.74, 6) is 0.677. The van der Waals surface area contributed by atoms with Crippen LogP contribution in [0.25, 0.3) is 11.1 Å². The van der Waals surface area contributed by atoms with Gasteiger partial charge < -0.3 is 14.9 Å². The summed E-state index contributed by atoms with van der Waals surface area (Å²) in [5.41, 5.74) is 7.95. The third-order valence-corrected chi connectivity index (χ3v) is 2.58. The predicted molar refractivity (Wildman–Crippen MR) is 66.6 cm³/mol. The molecule has 1 heterocycles. The first-order valence-electron chi connectivity index (χ1n) is 5.52. The molecule has 0 unspecified atom stereocenters. The van der Waals surface area contributed by atoms with E-state index >= 15 is 0 Å². The minimum Gasteiger partial charge on any atom is -0.439 e. The van der Waals surface area contributed by atoms with E-state index in [0.717, 1.165) is 17.6 Å². The van der Waals surface area contributed by atoms with E-state index in [1.165, 1.54) is 0 Å². The molecule has 0 aliphatic rings. The Bertz CT molecular complexity index is 495. The highest BCUT2D eigenvalue weighted by molar-refractivity contribution is 5.85. The number of likely N-dealkylation sites (N-methyl/N-ethyl adjacent to an activating group) is 1. The number of aromatic nitrogens is 1. The first kappa shape index (κ1) is 11.9. The van der Waals surface area contributed by atoms with E-state index in [1.807, 2.05) is 25.2 Å². The van der Waals surface area contributed by atoms with Gasteiger partial charge >= 0.3 is 0 Å². The number of para-hydroxylation sites is 1. The number of anilines is 1. The molecule has 0 amide bonds. The van der Waals surface area contributed by atoms with Crippen LogP contribution >= 0.6 is 0 Å². The summed E-state index contributed by atoms with van der Waals surface area (Å²) in [6.07, 6.45) is 0. The first-order chi connectivity index (χ1) is 8.20. The van der Waals surface area contributed by atoms with E-state index in [-0.39, 0.29) is 0 Å². The van der Waals surface area contributed by atoms with Crippen molar-refractivity contribution in [1.29, 1.82) is 0 Å². The fourth-order valence-corrected chi connectivity index (χ4v) is 1.64. The van der Waals surface area contributed by atoms with Crippen molar-refractivity contribution in [2.75, 3.05) is 33.0 Å². The van der Waals surface area contributed by atoms with Crippen molar-refractivity contribution in [1.82, 2.24) is 9.88 Å². The van der Waals surface area contributed by atoms with Gasteiger partial charge in [-0.1, -0.05) is 6.07 Å². The van der Waals surface area contributed by atoms with Gasteiger partial charge in [-0.2, -0.15) is 0 Å². The van der Waals surface area contributed by atoms with Gasteiger partial charge in [-0.05, 0) is 19.2 Å². The van der Waals surface area contributed by atoms with E-state index in [1.54, 1.807) is 7.11 Å². The Morgan fingerprint density at radius 1 is 1.47 bits per heavy atom. The summed E-state index contributed by atoms with van der Waals surface area (Å²) in [7, 11) is 3.69. The number of nitrogen functional groups attached to an aromatic ring is 1. The number of fused-ring (bicyclic) bond motifs is 1. The zero-order valence-corrected chi connectivity index (χ0v) is 10.1. The molecule has 5 nitrogen and oxygen atoms in total. The lowest BCUT2D eigenvalue weighted by Crippen LogP contribution is -2.22. The average Bonchev–Trinajstić information content (AvgIpc) is 2.70. The molecule has 2 N–H and O–H groups in total. The summed E-state index contributed by atoms with van der Waals surface area (Å²) >= 11 is 0. The Labute approximate surface area is 100 Å². The molecule has 92 valence electrons. The lowest BCUT2D eigenvalue weighted by atomic mass is 10.3. The number of hydrogen-bond donors (Lipinski definition) is 1. The number of rotatable bonds is 5. The number of benzene rings is 1. The van der Waals surface area contributed by atoms with Crippen LogP contribution in [-0.2, 0) is 11.3 Å². The molecular formula is C12H17N3O2. The maximum absolute atomic E-state index is 5.82. The van der Waals surface area contributed by atoms with Gasteiger partial charge in [0.2, 0.25) is 5.89 Å². The van der Waals surface area contributed by atoms with Crippen LogP contribution in [0.5, 0.6) is 0 Å². The van der Waals surface area contributed by atoms with Gasteiger partial charge in [0.25, 0.3) is 0 Å². The van der Waals surface area contributed by atoms with Gasteiger partial charge in [-0.15, -0.1) is 0 Å². The largest absolute Gasteiger partial charge is 0.439 e. The third kappa shape index (κ3) is 2.75. The van der Waals surface area contributed by atoms with Gasteiger partial charge in [-0.3, -0.25) is 4.90 Å². The molecule has 0 radical (unpaired) electrons. The highest BCUT2D eigenvalue weighted by Crippen LogP contribution is 2.21. The Balaban J connectivity index is 2.11. The van der Waals surface area contributed by atoms with E-state index in [4.69, 9.17) is 14.9 Å². The SMILES string of the molecule is COCCN(C)Cc1nc2c(N)cccc2o1. The zero-order valence-electron chi connectivity index (χ0n) is 10.1. The Morgan fingerprint density at radius 2 is 2.29 bits per heavy atom. The third-order valence-electron chi connectivity index (χ3n) is 2.58. The topological polar surface area (TPSA) is 64.5 Å². The Hall–Kier alpha value is -1.59. The maximum atomic E-state index is 5.82. The maximum Gasteiger partial charge on any atom is 0.209 e. The lowest BCUT2D eigenvalue weighted by molar-refractivity contribution is 0.154. The second-order valence-corrected chi connectivity index (χ2v) is 4.03. The van der Waals surface area contributed by atoms with Gasteiger partial charge in [-0.25, -0.2) is 4.98 Å². The monoisotopic (exact) mass is 235 g/mol. The molecule has 0 aliphatic carbocycles. The van der Waals surface area contributed by atoms with Crippen molar-refractivity contribution >= 4 is 16.8 Å². The van der Waals surface area contributed by atoms with Crippen molar-refractivity contribution in [3.63, 3.8) is 0 Å². The molecule has 0 bridgehead atoms. The highest BCUT2D eigenvalue weighted by Gasteiger charge is 2.09. The fourth-order valence-electron chi connectivity index (χ4n) is 1.64. The van der Waals surface area contributed by atoms with Crippen molar-refractivity contribution in [2.24, 2.45) is 0 Å². The Morgan fingerprint density at radius 3 is 3.00 bits per heavy atom. The molecule has 17 heavy (non-hydrogen) atoms. The Kier molecular flexibility index (Phi) is 3.61. The number of nitrogens with two attached hydrogens (primary N) is 1. The minimum atomic E-state index is 0.650. The minimum absolute atomic E-state index is 0.650. The van der Waals surface area contributed by atoms with Crippen LogP contribution in [0.2, 0.25) is 0 Å². The summed E-state index contributed by atoms with van der Waals surface area (Å²) in [4.78, 5) is 6.47. The van der Waals surface area contributed by atoms with E-state index in [9.17, 15) is 0 Å². The predicted octanol–water partition coefficient (Wildman–Crippen LogP) is 1.49. The molecule has 0 aliphatic heterocycles. The molecule has 0 fully saturated rings. The molecular weight excluding hydrogens is 218 g/mol. The fraction of sp³-hybridized carbons (Fsp3) is 0.417. The normalized spacial score (nSPS) is 11.5. The quantitative estimate of drug-likeness (QED) is 0.795. The van der Waals surface area contributed by atoms with Gasteiger partial charge in [0.15, 0.2) is 5.58 Å². The average molecular weight is 235 g/mol. The van der Waals surface area contributed by atoms with Crippen molar-refractivity contribution in [3.05, 3.63) is 24.1 Å². The molecule has 2 aromatic rings. The van der Waals surface area contributed by atoms with Crippen molar-refractivity contribution in [2.45, 2.75) is 6.54 Å². The number of nitrogens with zero attached hydrogens (tertiary/aromatic N) is 2. The second-order valence-electron chi connectivity index (χ2n) is 4.03. The lowest BCUT2D eigenvalue weighted by Gasteiger charge is -2.12. The molecule has 5 heteroatoms. The highest BCUT2D eigenvalue weighted by atomic mass is 16.5. The summed E-state index contributed by atoms with van der Waals surface area (Å²) in [6.45, 7) is 2.18. The van der Waals surface area contributed by atoms with Crippen LogP contribution in [0, 0.1) is 0 Å². The molecule has 1 aromatic heterocycles. The molecule has 0 saturated heterocycles. The van der Waals surface area contributed by atoms with E-state index < -0.39 is 0 Å². The van der Waals surface area contributed by atoms with Crippen LogP contribution in [0.3, 0.4) is 0 Å². The van der Waals surface area contributed by atoms with Crippen LogP contribution in [0.1, 0.15) is 5.89 Å². The second kappa shape index (κ2) is 5.16. The molecule has 1 aromatic carbocycles. The summed E-state index contributed by atoms with van der Waals surface area (Å²) in [6, 6.07) is 5.56. The smallest absolute Gasteiger partial charge is 0.209 e. The first-order valence-corrected chi connectivity index (χ1v) is 5.52. The number of hydrogen-bond acceptors (Lipinski definition) is 5. The number of oxazole rings is 1. The van der Waals surface area contributed by atoms with Crippen LogP contribution in [0.15, 0.2) is 22.6 Å². The molecule has 0 saturated carbocycles. The van der Waals surface area contributed by atoms with Crippen molar-refractivity contribution < 1.29 is 9.15 Å². The standard InChI is InChI=1S/C12H17N3O2/c1-15(6-7-16-2)8-11-14-12-9(13)4-3-5-10(12)17-11/h3-5H,6-8,13H2,1-2H3. The van der Waals surface area contributed by atoms with Crippen LogP contribution < -0.4 is 5.73 Å². The molecule has 0 atom stereocenters.